The Morgan fingerprint density at radius 2 is 2.43 bits per heavy atom. The number of hydrogen-bond acceptors (Lipinski definition) is 4. The van der Waals surface area contributed by atoms with Crippen LogP contribution in [0, 0.1) is 5.82 Å². The zero-order valence-electron chi connectivity index (χ0n) is 12.0. The first-order chi connectivity index (χ1) is 10.2. The summed E-state index contributed by atoms with van der Waals surface area (Å²) in [5.41, 5.74) is 0. The van der Waals surface area contributed by atoms with Crippen molar-refractivity contribution in [1.29, 1.82) is 0 Å². The highest BCUT2D eigenvalue weighted by Gasteiger charge is 2.28. The van der Waals surface area contributed by atoms with Crippen LogP contribution in [-0.4, -0.2) is 43.3 Å². The summed E-state index contributed by atoms with van der Waals surface area (Å²) in [4.78, 5) is 11.8. The number of halogens is 1. The summed E-state index contributed by atoms with van der Waals surface area (Å²) in [7, 11) is 0. The fraction of sp³-hybridized carbons (Fsp3) is 0.533. The molecule has 1 aliphatic rings. The van der Waals surface area contributed by atoms with Crippen LogP contribution in [-0.2, 0) is 9.53 Å². The summed E-state index contributed by atoms with van der Waals surface area (Å²) >= 11 is 1.64. The summed E-state index contributed by atoms with van der Waals surface area (Å²) in [5.74, 6) is 0.924. The SMILES string of the molecule is CSCCC(=O)N[C@@H]1CCOC[C@H]1Oc1cccc(F)c1. The number of ether oxygens (including phenoxy) is 2. The third kappa shape index (κ3) is 5.21. The summed E-state index contributed by atoms with van der Waals surface area (Å²) in [6, 6.07) is 5.90. The van der Waals surface area contributed by atoms with Gasteiger partial charge in [0.1, 0.15) is 17.7 Å². The van der Waals surface area contributed by atoms with Crippen LogP contribution in [0.2, 0.25) is 0 Å². The second kappa shape index (κ2) is 8.24. The molecule has 4 nitrogen and oxygen atoms in total. The molecular formula is C15H20FNO3S. The molecule has 21 heavy (non-hydrogen) atoms. The van der Waals surface area contributed by atoms with Gasteiger partial charge in [-0.05, 0) is 24.8 Å². The number of amides is 1. The Bertz CT molecular complexity index is 472. The average Bonchev–Trinajstić information content (AvgIpc) is 2.47. The second-order valence-electron chi connectivity index (χ2n) is 4.89. The molecular weight excluding hydrogens is 293 g/mol. The number of hydrogen-bond donors (Lipinski definition) is 1. The highest BCUT2D eigenvalue weighted by molar-refractivity contribution is 7.98. The van der Waals surface area contributed by atoms with Gasteiger partial charge >= 0.3 is 0 Å². The molecule has 1 aliphatic heterocycles. The number of carbonyl (C=O) groups excluding carboxylic acids is 1. The van der Waals surface area contributed by atoms with Crippen molar-refractivity contribution in [1.82, 2.24) is 5.32 Å². The maximum absolute atomic E-state index is 13.2. The first-order valence-electron chi connectivity index (χ1n) is 6.97. The Hall–Kier alpha value is -1.27. The summed E-state index contributed by atoms with van der Waals surface area (Å²) < 4.78 is 24.4. The van der Waals surface area contributed by atoms with Crippen LogP contribution in [0.5, 0.6) is 5.75 Å². The third-order valence-corrected chi connectivity index (χ3v) is 3.88. The van der Waals surface area contributed by atoms with Crippen LogP contribution >= 0.6 is 11.8 Å². The van der Waals surface area contributed by atoms with E-state index in [1.165, 1.54) is 12.1 Å². The fourth-order valence-corrected chi connectivity index (χ4v) is 2.57. The van der Waals surface area contributed by atoms with E-state index >= 15 is 0 Å². The van der Waals surface area contributed by atoms with Gasteiger partial charge in [-0.25, -0.2) is 4.39 Å². The maximum atomic E-state index is 13.2. The molecule has 0 aromatic heterocycles. The second-order valence-corrected chi connectivity index (χ2v) is 5.88. The Balaban J connectivity index is 1.93. The molecule has 1 heterocycles. The maximum Gasteiger partial charge on any atom is 0.221 e. The Morgan fingerprint density at radius 3 is 3.19 bits per heavy atom. The molecule has 1 amide bonds. The number of nitrogens with one attached hydrogen (secondary N) is 1. The minimum Gasteiger partial charge on any atom is -0.486 e. The number of rotatable bonds is 6. The molecule has 0 saturated carbocycles. The lowest BCUT2D eigenvalue weighted by Crippen LogP contribution is -2.51. The van der Waals surface area contributed by atoms with E-state index in [-0.39, 0.29) is 23.9 Å². The van der Waals surface area contributed by atoms with Crippen LogP contribution in [0.25, 0.3) is 0 Å². The van der Waals surface area contributed by atoms with Crippen LogP contribution in [0.4, 0.5) is 4.39 Å². The largest absolute Gasteiger partial charge is 0.486 e. The Labute approximate surface area is 128 Å². The summed E-state index contributed by atoms with van der Waals surface area (Å²) in [6.07, 6.45) is 2.87. The van der Waals surface area contributed by atoms with Crippen molar-refractivity contribution in [2.75, 3.05) is 25.2 Å². The zero-order valence-corrected chi connectivity index (χ0v) is 12.8. The van der Waals surface area contributed by atoms with Gasteiger partial charge in [0.2, 0.25) is 5.91 Å². The van der Waals surface area contributed by atoms with Crippen LogP contribution in [0.15, 0.2) is 24.3 Å². The molecule has 1 fully saturated rings. The van der Waals surface area contributed by atoms with Crippen molar-refractivity contribution in [3.63, 3.8) is 0 Å². The van der Waals surface area contributed by atoms with Crippen LogP contribution < -0.4 is 10.1 Å². The smallest absolute Gasteiger partial charge is 0.221 e. The molecule has 0 unspecified atom stereocenters. The average molecular weight is 313 g/mol. The van der Waals surface area contributed by atoms with Gasteiger partial charge in [0.05, 0.1) is 12.6 Å². The van der Waals surface area contributed by atoms with Gasteiger partial charge in [-0.15, -0.1) is 0 Å². The number of carbonyl (C=O) groups is 1. The van der Waals surface area contributed by atoms with Gasteiger partial charge in [0, 0.05) is 24.8 Å². The summed E-state index contributed by atoms with van der Waals surface area (Å²) in [5, 5.41) is 2.99. The monoisotopic (exact) mass is 313 g/mol. The van der Waals surface area contributed by atoms with Crippen LogP contribution in [0.1, 0.15) is 12.8 Å². The van der Waals surface area contributed by atoms with Crippen molar-refractivity contribution in [3.8, 4) is 5.75 Å². The van der Waals surface area contributed by atoms with Gasteiger partial charge < -0.3 is 14.8 Å². The van der Waals surface area contributed by atoms with E-state index in [0.717, 1.165) is 5.75 Å². The minimum absolute atomic E-state index is 0.0177. The van der Waals surface area contributed by atoms with E-state index in [9.17, 15) is 9.18 Å². The molecule has 0 aliphatic carbocycles. The lowest BCUT2D eigenvalue weighted by atomic mass is 10.1. The number of thioether (sulfide) groups is 1. The normalized spacial score (nSPS) is 21.8. The molecule has 0 radical (unpaired) electrons. The van der Waals surface area contributed by atoms with Crippen LogP contribution in [0.3, 0.4) is 0 Å². The van der Waals surface area contributed by atoms with Gasteiger partial charge in [0.25, 0.3) is 0 Å². The Kier molecular flexibility index (Phi) is 6.32. The van der Waals surface area contributed by atoms with E-state index < -0.39 is 0 Å². The van der Waals surface area contributed by atoms with E-state index in [4.69, 9.17) is 9.47 Å². The molecule has 2 atom stereocenters. The molecule has 2 rings (SSSR count). The standard InChI is InChI=1S/C15H20FNO3S/c1-21-8-6-15(18)17-13-5-7-19-10-14(13)20-12-4-2-3-11(16)9-12/h2-4,9,13-14H,5-8,10H2,1H3,(H,17,18)/t13-,14-/m1/s1. The molecule has 0 spiro atoms. The first kappa shape index (κ1) is 16.1. The first-order valence-corrected chi connectivity index (χ1v) is 8.36. The van der Waals surface area contributed by atoms with Crippen molar-refractivity contribution < 1.29 is 18.7 Å². The molecule has 1 aromatic rings. The number of benzene rings is 1. The van der Waals surface area contributed by atoms with E-state index in [1.54, 1.807) is 23.9 Å². The molecule has 1 aromatic carbocycles. The molecule has 1 saturated heterocycles. The fourth-order valence-electron chi connectivity index (χ4n) is 2.18. The molecule has 0 bridgehead atoms. The quantitative estimate of drug-likeness (QED) is 0.875. The zero-order chi connectivity index (χ0) is 15.1. The third-order valence-electron chi connectivity index (χ3n) is 3.27. The highest BCUT2D eigenvalue weighted by atomic mass is 32.2. The van der Waals surface area contributed by atoms with Crippen molar-refractivity contribution >= 4 is 17.7 Å². The highest BCUT2D eigenvalue weighted by Crippen LogP contribution is 2.18. The topological polar surface area (TPSA) is 47.6 Å². The predicted octanol–water partition coefficient (Wildman–Crippen LogP) is 2.23. The van der Waals surface area contributed by atoms with Gasteiger partial charge in [-0.1, -0.05) is 6.07 Å². The molecule has 1 N–H and O–H groups in total. The van der Waals surface area contributed by atoms with Crippen molar-refractivity contribution in [2.24, 2.45) is 0 Å². The van der Waals surface area contributed by atoms with Gasteiger partial charge in [-0.2, -0.15) is 11.8 Å². The van der Waals surface area contributed by atoms with E-state index in [2.05, 4.69) is 5.32 Å². The summed E-state index contributed by atoms with van der Waals surface area (Å²) in [6.45, 7) is 0.987. The minimum atomic E-state index is -0.343. The Morgan fingerprint density at radius 1 is 1.57 bits per heavy atom. The van der Waals surface area contributed by atoms with Gasteiger partial charge in [-0.3, -0.25) is 4.79 Å². The molecule has 116 valence electrons. The lowest BCUT2D eigenvalue weighted by Gasteiger charge is -2.32. The van der Waals surface area contributed by atoms with E-state index in [0.29, 0.717) is 31.8 Å². The molecule has 6 heteroatoms. The van der Waals surface area contributed by atoms with Crippen molar-refractivity contribution in [3.05, 3.63) is 30.1 Å². The van der Waals surface area contributed by atoms with E-state index in [1.807, 2.05) is 6.26 Å². The van der Waals surface area contributed by atoms with Crippen molar-refractivity contribution in [2.45, 2.75) is 25.0 Å². The predicted molar refractivity (Wildman–Crippen MR) is 81.2 cm³/mol. The van der Waals surface area contributed by atoms with Gasteiger partial charge in [0.15, 0.2) is 0 Å². The lowest BCUT2D eigenvalue weighted by molar-refractivity contribution is -0.123.